The van der Waals surface area contributed by atoms with Crippen molar-refractivity contribution in [3.05, 3.63) is 24.4 Å². The van der Waals surface area contributed by atoms with Gasteiger partial charge in [0.1, 0.15) is 11.9 Å². The molecule has 37 heavy (non-hydrogen) atoms. The molecule has 4 rings (SSSR count). The third-order valence-electron chi connectivity index (χ3n) is 6.24. The van der Waals surface area contributed by atoms with Gasteiger partial charge in [-0.25, -0.2) is 13.2 Å². The number of sulfonamides is 1. The normalized spacial score (nSPS) is 22.3. The van der Waals surface area contributed by atoms with Gasteiger partial charge in [0.05, 0.1) is 42.8 Å². The van der Waals surface area contributed by atoms with Crippen LogP contribution in [-0.4, -0.2) is 60.6 Å². The molecule has 3 N–H and O–H groups in total. The van der Waals surface area contributed by atoms with Gasteiger partial charge < -0.3 is 19.9 Å². The van der Waals surface area contributed by atoms with Crippen LogP contribution in [0, 0.1) is 23.2 Å². The molecule has 1 aliphatic heterocycles. The van der Waals surface area contributed by atoms with Crippen LogP contribution < -0.4 is 24.4 Å². The summed E-state index contributed by atoms with van der Waals surface area (Å²) in [5.74, 6) is -0.833. The van der Waals surface area contributed by atoms with Crippen molar-refractivity contribution in [2.45, 2.75) is 50.8 Å². The highest BCUT2D eigenvalue weighted by molar-refractivity contribution is 7.93. The summed E-state index contributed by atoms with van der Waals surface area (Å²) >= 11 is 0. The molecule has 0 bridgehead atoms. The molecule has 4 atom stereocenters. The first-order valence-electron chi connectivity index (χ1n) is 11.8. The Morgan fingerprint density at radius 2 is 2.11 bits per heavy atom. The number of hydrogen-bond donors (Lipinski definition) is 3. The molecule has 14 heteroatoms. The van der Waals surface area contributed by atoms with Crippen molar-refractivity contribution < 1.29 is 32.6 Å². The van der Waals surface area contributed by atoms with E-state index in [0.717, 1.165) is 4.31 Å². The summed E-state index contributed by atoms with van der Waals surface area (Å²) in [6.45, 7) is 5.77. The lowest BCUT2D eigenvalue weighted by atomic mass is 10.1. The number of carbonyl (C=O) groups excluding carboxylic acids is 1. The van der Waals surface area contributed by atoms with Gasteiger partial charge in [0.2, 0.25) is 5.91 Å². The highest BCUT2D eigenvalue weighted by atomic mass is 32.2. The fourth-order valence-corrected chi connectivity index (χ4v) is 5.97. The van der Waals surface area contributed by atoms with Crippen molar-refractivity contribution in [2.75, 3.05) is 22.8 Å². The van der Waals surface area contributed by atoms with E-state index in [1.54, 1.807) is 13.8 Å². The Bertz CT molecular complexity index is 1350. The maximum Gasteiger partial charge on any atom is 0.409 e. The molecule has 2 amide bonds. The number of benzene rings is 1. The van der Waals surface area contributed by atoms with Crippen LogP contribution in [0.1, 0.15) is 27.2 Å². The van der Waals surface area contributed by atoms with Gasteiger partial charge >= 0.3 is 6.09 Å². The Balaban J connectivity index is 1.72. The van der Waals surface area contributed by atoms with E-state index in [1.165, 1.54) is 29.1 Å². The number of aryl methyl sites for hydroxylation is 1. The van der Waals surface area contributed by atoms with Crippen molar-refractivity contribution in [3.63, 3.8) is 0 Å². The predicted octanol–water partition coefficient (Wildman–Crippen LogP) is 2.01. The minimum Gasteiger partial charge on any atom is -0.484 e. The maximum atomic E-state index is 14.1. The lowest BCUT2D eigenvalue weighted by molar-refractivity contribution is -0.122. The first-order chi connectivity index (χ1) is 17.6. The van der Waals surface area contributed by atoms with Crippen LogP contribution in [0.3, 0.4) is 0 Å². The molecule has 198 valence electrons. The zero-order chi connectivity index (χ0) is 26.9. The summed E-state index contributed by atoms with van der Waals surface area (Å²) in [7, 11) is -4.29. The van der Waals surface area contributed by atoms with Crippen molar-refractivity contribution >= 4 is 33.4 Å². The molecule has 2 aliphatic rings. The van der Waals surface area contributed by atoms with Gasteiger partial charge in [-0.15, -0.1) is 5.10 Å². The SMILES string of the molecule is CCOc1nn(CC)cc1S(=O)(=O)N1c2cc(NC(=O)O)ccc2O[C@@H](CNC(=O)[C@@H]2C[C@@H]2C#N)[C@H]1C. The number of aromatic nitrogens is 2. The van der Waals surface area contributed by atoms with Gasteiger partial charge in [-0.3, -0.25) is 19.1 Å². The molecular weight excluding hydrogens is 504 g/mol. The highest BCUT2D eigenvalue weighted by Crippen LogP contribution is 2.43. The summed E-state index contributed by atoms with van der Waals surface area (Å²) in [5, 5.41) is 27.3. The molecule has 1 saturated carbocycles. The molecule has 2 aromatic rings. The van der Waals surface area contributed by atoms with Crippen molar-refractivity contribution in [1.29, 1.82) is 5.26 Å². The number of fused-ring (bicyclic) bond motifs is 1. The van der Waals surface area contributed by atoms with Crippen LogP contribution in [0.5, 0.6) is 11.6 Å². The summed E-state index contributed by atoms with van der Waals surface area (Å²) in [6.07, 6.45) is -0.208. The van der Waals surface area contributed by atoms with E-state index in [0.29, 0.717) is 13.0 Å². The van der Waals surface area contributed by atoms with Gasteiger partial charge in [0, 0.05) is 18.4 Å². The van der Waals surface area contributed by atoms with E-state index in [2.05, 4.69) is 21.8 Å². The van der Waals surface area contributed by atoms with Crippen LogP contribution in [0.2, 0.25) is 0 Å². The van der Waals surface area contributed by atoms with Crippen molar-refractivity contribution in [3.8, 4) is 17.7 Å². The molecule has 1 aliphatic carbocycles. The number of anilines is 2. The van der Waals surface area contributed by atoms with Gasteiger partial charge in [-0.05, 0) is 45.4 Å². The number of carboxylic acid groups (broad SMARTS) is 1. The number of carbonyl (C=O) groups is 2. The van der Waals surface area contributed by atoms with Crippen molar-refractivity contribution in [2.24, 2.45) is 11.8 Å². The van der Waals surface area contributed by atoms with E-state index in [9.17, 15) is 18.0 Å². The number of nitrogens with one attached hydrogen (secondary N) is 2. The minimum absolute atomic E-state index is 0.00176. The second-order valence-corrected chi connectivity index (χ2v) is 10.5. The second-order valence-electron chi connectivity index (χ2n) is 8.72. The first-order valence-corrected chi connectivity index (χ1v) is 13.3. The van der Waals surface area contributed by atoms with E-state index >= 15 is 0 Å². The molecule has 0 spiro atoms. The molecule has 1 aromatic carbocycles. The lowest BCUT2D eigenvalue weighted by Crippen LogP contribution is -2.54. The van der Waals surface area contributed by atoms with E-state index in [-0.39, 0.29) is 58.8 Å². The third-order valence-corrected chi connectivity index (χ3v) is 8.13. The standard InChI is InChI=1S/C23H28N6O7S/c1-4-28-12-20(22(27-28)35-5-2)37(33,34)29-13(3)19(11-25-21(30)16-8-14(16)10-24)36-18-7-6-15(9-17(18)29)26-23(31)32/h6-7,9,12-14,16,19,26H,4-5,8,11H2,1-3H3,(H,25,30)(H,31,32)/t13-,14-,16-,19+/m1/s1. The quantitative estimate of drug-likeness (QED) is 0.436. The van der Waals surface area contributed by atoms with E-state index < -0.39 is 28.3 Å². The summed E-state index contributed by atoms with van der Waals surface area (Å²) in [4.78, 5) is 23.5. The molecule has 13 nitrogen and oxygen atoms in total. The number of hydrogen-bond acceptors (Lipinski definition) is 8. The van der Waals surface area contributed by atoms with Crippen LogP contribution in [-0.2, 0) is 21.4 Å². The Kier molecular flexibility index (Phi) is 7.17. The molecule has 0 unspecified atom stereocenters. The Labute approximate surface area is 214 Å². The summed E-state index contributed by atoms with van der Waals surface area (Å²) in [6, 6.07) is 5.54. The monoisotopic (exact) mass is 532 g/mol. The molecule has 2 heterocycles. The average molecular weight is 533 g/mol. The fourth-order valence-electron chi connectivity index (χ4n) is 4.21. The van der Waals surface area contributed by atoms with Crippen LogP contribution in [0.15, 0.2) is 29.3 Å². The zero-order valence-electron chi connectivity index (χ0n) is 20.5. The average Bonchev–Trinajstić information content (AvgIpc) is 3.53. The molecule has 0 radical (unpaired) electrons. The first kappa shape index (κ1) is 26.1. The predicted molar refractivity (Wildman–Crippen MR) is 131 cm³/mol. The number of nitriles is 1. The largest absolute Gasteiger partial charge is 0.484 e. The van der Waals surface area contributed by atoms with E-state index in [4.69, 9.17) is 19.8 Å². The molecular formula is C23H28N6O7S. The molecule has 0 saturated heterocycles. The second kappa shape index (κ2) is 10.2. The minimum atomic E-state index is -4.29. The highest BCUT2D eigenvalue weighted by Gasteiger charge is 2.45. The van der Waals surface area contributed by atoms with Crippen LogP contribution in [0.25, 0.3) is 0 Å². The molecule has 1 aromatic heterocycles. The number of ether oxygens (including phenoxy) is 2. The Morgan fingerprint density at radius 1 is 1.35 bits per heavy atom. The fraction of sp³-hybridized carbons (Fsp3) is 0.478. The van der Waals surface area contributed by atoms with Gasteiger partial charge in [-0.1, -0.05) is 0 Å². The van der Waals surface area contributed by atoms with Gasteiger partial charge in [0.15, 0.2) is 4.90 Å². The topological polar surface area (TPSA) is 176 Å². The van der Waals surface area contributed by atoms with Crippen LogP contribution >= 0.6 is 0 Å². The Morgan fingerprint density at radius 3 is 2.73 bits per heavy atom. The number of rotatable bonds is 9. The van der Waals surface area contributed by atoms with E-state index in [1.807, 2.05) is 6.92 Å². The zero-order valence-corrected chi connectivity index (χ0v) is 21.4. The van der Waals surface area contributed by atoms with Crippen molar-refractivity contribution in [1.82, 2.24) is 15.1 Å². The molecule has 1 fully saturated rings. The summed E-state index contributed by atoms with van der Waals surface area (Å²) in [5.41, 5.74) is 0.277. The lowest BCUT2D eigenvalue weighted by Gasteiger charge is -2.41. The third kappa shape index (κ3) is 5.12. The number of nitrogens with zero attached hydrogens (tertiary/aromatic N) is 4. The van der Waals surface area contributed by atoms with Gasteiger partial charge in [0.25, 0.3) is 15.9 Å². The maximum absolute atomic E-state index is 14.1. The smallest absolute Gasteiger partial charge is 0.409 e. The summed E-state index contributed by atoms with van der Waals surface area (Å²) < 4.78 is 42.3. The number of amides is 2. The van der Waals surface area contributed by atoms with Gasteiger partial charge in [-0.2, -0.15) is 5.26 Å². The Hall–Kier alpha value is -3.99. The van der Waals surface area contributed by atoms with Crippen LogP contribution in [0.4, 0.5) is 16.2 Å².